The quantitative estimate of drug-likeness (QED) is 0.0652. The number of hydrogen-bond acceptors (Lipinski definition) is 10. The minimum Gasteiger partial charge on any atom is -0.384 e. The van der Waals surface area contributed by atoms with Crippen LogP contribution in [0.3, 0.4) is 0 Å². The molecule has 2 aliphatic heterocycles. The van der Waals surface area contributed by atoms with Crippen LogP contribution in [-0.4, -0.2) is 60.7 Å². The zero-order valence-corrected chi connectivity index (χ0v) is 41.0. The van der Waals surface area contributed by atoms with Crippen LogP contribution in [0.4, 0.5) is 26.3 Å². The van der Waals surface area contributed by atoms with Crippen molar-refractivity contribution < 1.29 is 55.2 Å². The molecule has 2 N–H and O–H groups in total. The van der Waals surface area contributed by atoms with Crippen LogP contribution in [0.1, 0.15) is 143 Å². The average Bonchev–Trinajstić information content (AvgIpc) is 4.16. The second-order valence-electron chi connectivity index (χ2n) is 17.0. The number of nitrogens with one attached hydrogen (secondary N) is 2. The summed E-state index contributed by atoms with van der Waals surface area (Å²) in [6, 6.07) is 5.87. The normalized spacial score (nSPS) is 18.7. The molecule has 70 heavy (non-hydrogen) atoms. The average molecular weight is 1100 g/mol. The van der Waals surface area contributed by atoms with Gasteiger partial charge in [0, 0.05) is 49.7 Å². The van der Waals surface area contributed by atoms with Crippen LogP contribution in [-0.2, 0) is 56.1 Å². The molecule has 2 amide bonds. The SMILES string of the molecule is C.C.CC1(c2cc(Cl)c(F)c(Cl)c2)CC(c2sc(C(=O)CCC(=O)NCC(F)F)c3c2CCC3)=NO1.C[C@@]1(c2cc(Cl)c(F)c(Cl)c2)CC(c2sc(C(=O)CCC(=O)NCC(F)F)c3c2CCC3)=NO1. The summed E-state index contributed by atoms with van der Waals surface area (Å²) in [7, 11) is 0. The number of nitrogens with zero attached hydrogens (tertiary/aromatic N) is 2. The largest absolute Gasteiger partial charge is 0.384 e. The van der Waals surface area contributed by atoms with Crippen LogP contribution in [0.25, 0.3) is 0 Å². The molecule has 0 radical (unpaired) electrons. The van der Waals surface area contributed by atoms with Crippen molar-refractivity contribution in [3.05, 3.63) is 109 Å². The fraction of sp³-hybridized carbons (Fsp3) is 0.458. The first-order chi connectivity index (χ1) is 32.2. The Kier molecular flexibility index (Phi) is 19.1. The Morgan fingerprint density at radius 2 is 0.929 bits per heavy atom. The Bertz CT molecular complexity index is 2510. The second-order valence-corrected chi connectivity index (χ2v) is 20.6. The number of ketones is 2. The van der Waals surface area contributed by atoms with E-state index in [1.165, 1.54) is 46.9 Å². The number of alkyl halides is 4. The molecular weight excluding hydrogens is 1050 g/mol. The Labute approximate surface area is 429 Å². The predicted octanol–water partition coefficient (Wildman–Crippen LogP) is 13.4. The van der Waals surface area contributed by atoms with Crippen LogP contribution in [0.2, 0.25) is 20.1 Å². The molecule has 0 saturated heterocycles. The fourth-order valence-corrected chi connectivity index (χ4v) is 12.1. The number of Topliss-reactive ketones (excluding diaryl/α,β-unsaturated/α-hetero) is 2. The molecule has 0 saturated carbocycles. The van der Waals surface area contributed by atoms with Crippen molar-refractivity contribution in [2.75, 3.05) is 13.1 Å². The van der Waals surface area contributed by atoms with Crippen LogP contribution in [0.15, 0.2) is 34.6 Å². The molecule has 380 valence electrons. The molecule has 2 atom stereocenters. The lowest BCUT2D eigenvalue weighted by Crippen LogP contribution is -2.28. The Morgan fingerprint density at radius 3 is 1.26 bits per heavy atom. The van der Waals surface area contributed by atoms with Gasteiger partial charge in [-0.1, -0.05) is 71.6 Å². The zero-order chi connectivity index (χ0) is 49.2. The van der Waals surface area contributed by atoms with Gasteiger partial charge in [0.1, 0.15) is 11.4 Å². The highest BCUT2D eigenvalue weighted by molar-refractivity contribution is 7.17. The number of oxime groups is 2. The minimum atomic E-state index is -2.63. The highest BCUT2D eigenvalue weighted by atomic mass is 35.5. The molecule has 0 bridgehead atoms. The van der Waals surface area contributed by atoms with E-state index in [0.29, 0.717) is 45.1 Å². The maximum Gasteiger partial charge on any atom is 0.255 e. The van der Waals surface area contributed by atoms with Crippen molar-refractivity contribution in [1.29, 1.82) is 0 Å². The molecule has 8 rings (SSSR count). The van der Waals surface area contributed by atoms with Crippen molar-refractivity contribution in [3.8, 4) is 0 Å². The predicted molar refractivity (Wildman–Crippen MR) is 263 cm³/mol. The Balaban J connectivity index is 0.000000254. The molecule has 4 aliphatic rings. The summed E-state index contributed by atoms with van der Waals surface area (Å²) in [5.41, 5.74) is 4.74. The number of halogens is 10. The summed E-state index contributed by atoms with van der Waals surface area (Å²) in [5, 5.41) is 12.4. The number of thiophene rings is 2. The number of carbonyl (C=O) groups is 4. The number of rotatable bonds is 16. The molecule has 2 aromatic carbocycles. The third-order valence-electron chi connectivity index (χ3n) is 11.9. The molecule has 4 aromatic rings. The second kappa shape index (κ2) is 23.6. The van der Waals surface area contributed by atoms with E-state index in [9.17, 15) is 45.5 Å². The van der Waals surface area contributed by atoms with Crippen LogP contribution < -0.4 is 10.6 Å². The van der Waals surface area contributed by atoms with Crippen molar-refractivity contribution in [2.45, 2.75) is 130 Å². The van der Waals surface area contributed by atoms with Crippen molar-refractivity contribution in [2.24, 2.45) is 10.3 Å². The van der Waals surface area contributed by atoms with E-state index in [1.54, 1.807) is 13.8 Å². The Morgan fingerprint density at radius 1 is 0.600 bits per heavy atom. The van der Waals surface area contributed by atoms with Gasteiger partial charge in [-0.05, 0) is 98.9 Å². The molecule has 1 unspecified atom stereocenters. The monoisotopic (exact) mass is 1100 g/mol. The van der Waals surface area contributed by atoms with Crippen molar-refractivity contribution in [3.63, 3.8) is 0 Å². The highest BCUT2D eigenvalue weighted by Gasteiger charge is 2.42. The molecule has 4 heterocycles. The summed E-state index contributed by atoms with van der Waals surface area (Å²) in [4.78, 5) is 63.6. The van der Waals surface area contributed by atoms with Gasteiger partial charge >= 0.3 is 0 Å². The molecular formula is C48H50Cl4F6N4O6S2. The van der Waals surface area contributed by atoms with Gasteiger partial charge in [-0.25, -0.2) is 26.3 Å². The van der Waals surface area contributed by atoms with E-state index in [0.717, 1.165) is 70.5 Å². The Hall–Kier alpha value is -4.20. The van der Waals surface area contributed by atoms with Gasteiger partial charge in [0.05, 0.1) is 52.7 Å². The first kappa shape index (κ1) is 56.7. The summed E-state index contributed by atoms with van der Waals surface area (Å²) in [6.07, 6.45) is -0.0472. The van der Waals surface area contributed by atoms with Gasteiger partial charge in [0.2, 0.25) is 11.8 Å². The number of benzene rings is 2. The van der Waals surface area contributed by atoms with Gasteiger partial charge in [-0.3, -0.25) is 19.2 Å². The van der Waals surface area contributed by atoms with Crippen molar-refractivity contribution >= 4 is 104 Å². The van der Waals surface area contributed by atoms with Gasteiger partial charge in [0.25, 0.3) is 12.9 Å². The third-order valence-corrected chi connectivity index (χ3v) is 15.8. The van der Waals surface area contributed by atoms with Gasteiger partial charge < -0.3 is 20.3 Å². The summed E-state index contributed by atoms with van der Waals surface area (Å²) >= 11 is 26.5. The summed E-state index contributed by atoms with van der Waals surface area (Å²) < 4.78 is 76.7. The van der Waals surface area contributed by atoms with E-state index >= 15 is 0 Å². The lowest BCUT2D eigenvalue weighted by Gasteiger charge is -2.22. The lowest BCUT2D eigenvalue weighted by atomic mass is 9.90. The third kappa shape index (κ3) is 12.5. The first-order valence-corrected chi connectivity index (χ1v) is 24.6. The number of carbonyl (C=O) groups excluding carboxylic acids is 4. The smallest absolute Gasteiger partial charge is 0.255 e. The summed E-state index contributed by atoms with van der Waals surface area (Å²) in [6.45, 7) is 2.16. The van der Waals surface area contributed by atoms with E-state index in [4.69, 9.17) is 56.1 Å². The van der Waals surface area contributed by atoms with Gasteiger partial charge in [-0.15, -0.1) is 22.7 Å². The van der Waals surface area contributed by atoms with E-state index in [-0.39, 0.29) is 72.2 Å². The van der Waals surface area contributed by atoms with E-state index in [2.05, 4.69) is 20.9 Å². The van der Waals surface area contributed by atoms with Gasteiger partial charge in [0.15, 0.2) is 34.4 Å². The van der Waals surface area contributed by atoms with Gasteiger partial charge in [-0.2, -0.15) is 0 Å². The highest BCUT2D eigenvalue weighted by Crippen LogP contribution is 2.46. The number of amides is 2. The molecule has 10 nitrogen and oxygen atoms in total. The molecule has 2 aromatic heterocycles. The molecule has 2 aliphatic carbocycles. The summed E-state index contributed by atoms with van der Waals surface area (Å²) in [5.74, 6) is -2.94. The maximum atomic E-state index is 13.9. The van der Waals surface area contributed by atoms with Crippen molar-refractivity contribution in [1.82, 2.24) is 10.6 Å². The first-order valence-electron chi connectivity index (χ1n) is 21.4. The number of hydrogen-bond donors (Lipinski definition) is 2. The maximum absolute atomic E-state index is 13.9. The van der Waals surface area contributed by atoms with Crippen LogP contribution in [0.5, 0.6) is 0 Å². The zero-order valence-electron chi connectivity index (χ0n) is 36.3. The van der Waals surface area contributed by atoms with E-state index < -0.39 is 60.6 Å². The van der Waals surface area contributed by atoms with Crippen LogP contribution in [0, 0.1) is 11.6 Å². The lowest BCUT2D eigenvalue weighted by molar-refractivity contribution is -0.122. The standard InChI is InChI=1S/2C23H21Cl2F3N2O3S.2CH4/c2*1-23(11-7-14(24)20(28)15(25)8-11)9-16(30-33-23)21-12-3-2-4-13(12)22(34-21)17(31)5-6-19(32)29-10-18(26)27;;/h2*7-8,18H,2-6,9-10H2,1H3,(H,29,32);2*1H4/t23-;;;/m0.../s1. The minimum absolute atomic E-state index is 0. The van der Waals surface area contributed by atoms with Crippen LogP contribution >= 0.6 is 69.1 Å². The topological polar surface area (TPSA) is 136 Å². The number of fused-ring (bicyclic) bond motifs is 2. The fourth-order valence-electron chi connectivity index (χ4n) is 8.45. The molecule has 0 spiro atoms. The van der Waals surface area contributed by atoms with E-state index in [1.807, 2.05) is 0 Å². The molecule has 22 heteroatoms. The molecule has 0 fully saturated rings.